The van der Waals surface area contributed by atoms with Gasteiger partial charge in [0.05, 0.1) is 88.7 Å². The first-order valence-electron chi connectivity index (χ1n) is 17.2. The van der Waals surface area contributed by atoms with Crippen molar-refractivity contribution in [2.75, 3.05) is 83.3 Å². The van der Waals surface area contributed by atoms with Crippen LogP contribution in [-0.4, -0.2) is 148 Å². The zero-order chi connectivity index (χ0) is 46.7. The van der Waals surface area contributed by atoms with Gasteiger partial charge in [0, 0.05) is 24.3 Å². The minimum atomic E-state index is -1.11. The lowest BCUT2D eigenvalue weighted by atomic mass is 9.93. The van der Waals surface area contributed by atoms with Crippen LogP contribution in [0.2, 0.25) is 0 Å². The molecule has 0 saturated carbocycles. The molecule has 4 aromatic carbocycles. The monoisotopic (exact) mass is 864 g/mol. The van der Waals surface area contributed by atoms with Crippen molar-refractivity contribution in [2.45, 2.75) is 0 Å². The number of carboxylic acid groups (broad SMARTS) is 4. The Morgan fingerprint density at radius 2 is 0.541 bits per heavy atom. The molecule has 0 fully saturated rings. The molecule has 61 heavy (non-hydrogen) atoms. The van der Waals surface area contributed by atoms with Crippen LogP contribution in [0.3, 0.4) is 0 Å². The van der Waals surface area contributed by atoms with Crippen LogP contribution in [0.5, 0.6) is 46.0 Å². The largest absolute Gasteiger partial charge is 0.497 e. The summed E-state index contributed by atoms with van der Waals surface area (Å²) in [4.78, 5) is 42.6. The van der Waals surface area contributed by atoms with Gasteiger partial charge in [-0.1, -0.05) is 0 Å². The van der Waals surface area contributed by atoms with E-state index in [0.717, 1.165) is 0 Å². The second kappa shape index (κ2) is 28.4. The minimum absolute atomic E-state index is 0.128. The Balaban J connectivity index is 0.000000742. The fourth-order valence-electron chi connectivity index (χ4n) is 4.20. The first-order chi connectivity index (χ1) is 29.0. The molecule has 0 atom stereocenters. The van der Waals surface area contributed by atoms with E-state index in [9.17, 15) is 19.2 Å². The predicted molar refractivity (Wildman–Crippen MR) is 217 cm³/mol. The van der Waals surface area contributed by atoms with Crippen molar-refractivity contribution in [3.05, 3.63) is 95.1 Å². The third-order valence-electron chi connectivity index (χ3n) is 7.90. The highest BCUT2D eigenvalue weighted by Crippen LogP contribution is 2.27. The van der Waals surface area contributed by atoms with E-state index in [1.54, 1.807) is 24.3 Å². The van der Waals surface area contributed by atoms with Crippen molar-refractivity contribution < 1.29 is 97.9 Å². The number of methoxy groups -OCH3 is 8. The number of aromatic carboxylic acids is 4. The molecule has 0 amide bonds. The van der Waals surface area contributed by atoms with Gasteiger partial charge in [0.2, 0.25) is 0 Å². The Labute approximate surface area is 351 Å². The molecule has 0 aliphatic heterocycles. The summed E-state index contributed by atoms with van der Waals surface area (Å²) in [5, 5.41) is 68.9. The van der Waals surface area contributed by atoms with E-state index in [1.807, 2.05) is 0 Å². The summed E-state index contributed by atoms with van der Waals surface area (Å²) in [7, 11) is 11.7. The van der Waals surface area contributed by atoms with Gasteiger partial charge in [-0.25, -0.2) is 19.2 Å². The number of hydrogen-bond acceptors (Lipinski definition) is 16. The zero-order valence-corrected chi connectivity index (χ0v) is 34.7. The summed E-state index contributed by atoms with van der Waals surface area (Å²) in [5.41, 5.74) is -0.599. The van der Waals surface area contributed by atoms with Gasteiger partial charge in [-0.3, -0.25) is 0 Å². The average molecular weight is 865 g/mol. The van der Waals surface area contributed by atoms with Crippen molar-refractivity contribution in [3.8, 4) is 46.0 Å². The van der Waals surface area contributed by atoms with Gasteiger partial charge in [0.1, 0.15) is 68.2 Å². The highest BCUT2D eigenvalue weighted by atomic mass is 16.5. The Morgan fingerprint density at radius 1 is 0.361 bits per heavy atom. The summed E-state index contributed by atoms with van der Waals surface area (Å²) in [6.07, 6.45) is 0. The quantitative estimate of drug-likeness (QED) is 0.0798. The number of aliphatic hydroxyl groups is 4. The third-order valence-corrected chi connectivity index (χ3v) is 7.90. The van der Waals surface area contributed by atoms with E-state index >= 15 is 0 Å². The summed E-state index contributed by atoms with van der Waals surface area (Å²) in [6.45, 7) is -1.62. The molecule has 4 aromatic rings. The molecule has 20 heteroatoms. The maximum atomic E-state index is 10.7. The van der Waals surface area contributed by atoms with E-state index in [-0.39, 0.29) is 22.3 Å². The van der Waals surface area contributed by atoms with Crippen molar-refractivity contribution in [1.29, 1.82) is 0 Å². The first kappa shape index (κ1) is 54.0. The molecule has 20 nitrogen and oxygen atoms in total. The van der Waals surface area contributed by atoms with E-state index in [0.29, 0.717) is 46.0 Å². The van der Waals surface area contributed by atoms with E-state index in [1.165, 1.54) is 105 Å². The van der Waals surface area contributed by atoms with Crippen LogP contribution in [0, 0.1) is 5.41 Å². The predicted octanol–water partition coefficient (Wildman–Crippen LogP) is 3.55. The third kappa shape index (κ3) is 17.4. The van der Waals surface area contributed by atoms with E-state index in [4.69, 9.17) is 78.7 Å². The molecule has 0 radical (unpaired) electrons. The van der Waals surface area contributed by atoms with Crippen molar-refractivity contribution >= 4 is 23.9 Å². The second-order valence-corrected chi connectivity index (χ2v) is 11.6. The number of hydrogen-bond donors (Lipinski definition) is 8. The molecule has 0 aromatic heterocycles. The molecular formula is C41H52O20. The van der Waals surface area contributed by atoms with Gasteiger partial charge < -0.3 is 78.7 Å². The lowest BCUT2D eigenvalue weighted by Gasteiger charge is -2.23. The minimum Gasteiger partial charge on any atom is -0.497 e. The van der Waals surface area contributed by atoms with E-state index < -0.39 is 55.7 Å². The zero-order valence-electron chi connectivity index (χ0n) is 34.7. The standard InChI is InChI=1S/4C9H10O4.C5H12O4/c4*1-12-6-3-4-7(9(10)11)8(5-6)13-2;6-1-5(2-7,3-8)4-9/h4*3-5H,1-2H3,(H,10,11);6-9H,1-4H2. The molecule has 8 N–H and O–H groups in total. The summed E-state index contributed by atoms with van der Waals surface area (Å²) in [6, 6.07) is 18.2. The Morgan fingerprint density at radius 3 is 0.639 bits per heavy atom. The van der Waals surface area contributed by atoms with Crippen molar-refractivity contribution in [3.63, 3.8) is 0 Å². The normalized spacial score (nSPS) is 9.77. The van der Waals surface area contributed by atoms with Gasteiger partial charge in [0.15, 0.2) is 0 Å². The van der Waals surface area contributed by atoms with Crippen LogP contribution >= 0.6 is 0 Å². The van der Waals surface area contributed by atoms with E-state index in [2.05, 4.69) is 0 Å². The Bertz CT molecular complexity index is 1700. The highest BCUT2D eigenvalue weighted by molar-refractivity contribution is 5.92. The second-order valence-electron chi connectivity index (χ2n) is 11.6. The fraction of sp³-hybridized carbons (Fsp3) is 0.317. The molecule has 0 bridgehead atoms. The van der Waals surface area contributed by atoms with Gasteiger partial charge in [0.25, 0.3) is 0 Å². The fourth-order valence-corrected chi connectivity index (χ4v) is 4.20. The lowest BCUT2D eigenvalue weighted by molar-refractivity contribution is -0.0328. The maximum absolute atomic E-state index is 10.7. The Kier molecular flexibility index (Phi) is 25.2. The highest BCUT2D eigenvalue weighted by Gasteiger charge is 2.26. The van der Waals surface area contributed by atoms with Gasteiger partial charge in [-0.2, -0.15) is 0 Å². The lowest BCUT2D eigenvalue weighted by Crippen LogP contribution is -2.37. The molecule has 0 heterocycles. The molecule has 0 aliphatic rings. The molecule has 336 valence electrons. The molecule has 0 aliphatic carbocycles. The molecular weight excluding hydrogens is 812 g/mol. The van der Waals surface area contributed by atoms with Crippen molar-refractivity contribution in [2.24, 2.45) is 5.41 Å². The maximum Gasteiger partial charge on any atom is 0.339 e. The number of carboxylic acids is 4. The van der Waals surface area contributed by atoms with Crippen LogP contribution < -0.4 is 37.9 Å². The van der Waals surface area contributed by atoms with Crippen LogP contribution in [0.4, 0.5) is 0 Å². The molecule has 0 spiro atoms. The number of benzene rings is 4. The van der Waals surface area contributed by atoms with Gasteiger partial charge >= 0.3 is 23.9 Å². The molecule has 0 unspecified atom stereocenters. The van der Waals surface area contributed by atoms with Crippen LogP contribution in [0.1, 0.15) is 41.4 Å². The van der Waals surface area contributed by atoms with Crippen LogP contribution in [-0.2, 0) is 0 Å². The molecule has 4 rings (SSSR count). The summed E-state index contributed by atoms with van der Waals surface area (Å²) >= 11 is 0. The number of carbonyl (C=O) groups is 4. The smallest absolute Gasteiger partial charge is 0.339 e. The van der Waals surface area contributed by atoms with Gasteiger partial charge in [-0.15, -0.1) is 0 Å². The van der Waals surface area contributed by atoms with Crippen LogP contribution in [0.15, 0.2) is 72.8 Å². The Hall–Kier alpha value is -7.00. The molecule has 0 saturated heterocycles. The van der Waals surface area contributed by atoms with Crippen LogP contribution in [0.25, 0.3) is 0 Å². The number of rotatable bonds is 16. The van der Waals surface area contributed by atoms with Gasteiger partial charge in [-0.05, 0) is 48.5 Å². The van der Waals surface area contributed by atoms with Crippen molar-refractivity contribution in [1.82, 2.24) is 0 Å². The average Bonchev–Trinajstić information content (AvgIpc) is 3.29. The summed E-state index contributed by atoms with van der Waals surface area (Å²) < 4.78 is 39.2. The number of aliphatic hydroxyl groups excluding tert-OH is 4. The first-order valence-corrected chi connectivity index (χ1v) is 17.2. The summed E-state index contributed by atoms with van der Waals surface area (Å²) in [5.74, 6) is -0.581. The SMILES string of the molecule is COc1ccc(C(=O)O)c(OC)c1.COc1ccc(C(=O)O)c(OC)c1.COc1ccc(C(=O)O)c(OC)c1.COc1ccc(C(=O)O)c(OC)c1.OCC(CO)(CO)CO. The number of ether oxygens (including phenoxy) is 8. The topological polar surface area (TPSA) is 304 Å².